The predicted octanol–water partition coefficient (Wildman–Crippen LogP) is 0.414. The van der Waals surface area contributed by atoms with Gasteiger partial charge in [0.25, 0.3) is 0 Å². The lowest BCUT2D eigenvalue weighted by Crippen LogP contribution is -2.33. The number of hydrogen-bond donors (Lipinski definition) is 1. The smallest absolute Gasteiger partial charge is 0.186 e. The Hall–Kier alpha value is -1.27. The highest BCUT2D eigenvalue weighted by Crippen LogP contribution is 2.13. The van der Waals surface area contributed by atoms with Crippen LogP contribution in [0.4, 0.5) is 4.39 Å². The molecule has 0 radical (unpaired) electrons. The molecule has 0 unspecified atom stereocenters. The van der Waals surface area contributed by atoms with Crippen LogP contribution in [-0.2, 0) is 9.84 Å². The number of Topliss-reactive ketones (excluding diaryl/α,β-unsaturated/α-hetero) is 1. The van der Waals surface area contributed by atoms with E-state index in [1.165, 1.54) is 18.2 Å². The van der Waals surface area contributed by atoms with E-state index in [1.54, 1.807) is 0 Å². The molecule has 1 aromatic carbocycles. The van der Waals surface area contributed by atoms with Crippen LogP contribution in [0, 0.1) is 5.82 Å². The van der Waals surface area contributed by atoms with E-state index in [2.05, 4.69) is 0 Å². The normalized spacial score (nSPS) is 13.4. The number of aliphatic hydroxyl groups excluding tert-OH is 1. The Kier molecular flexibility index (Phi) is 3.77. The molecule has 0 amide bonds. The molecule has 0 saturated heterocycles. The number of sulfone groups is 1. The van der Waals surface area contributed by atoms with Gasteiger partial charge in [-0.1, -0.05) is 12.1 Å². The molecule has 0 fully saturated rings. The number of aliphatic hydroxyl groups is 1. The number of rotatable bonds is 4. The van der Waals surface area contributed by atoms with Crippen molar-refractivity contribution in [1.29, 1.82) is 0 Å². The SMILES string of the molecule is CS(=O)(=O)[C@@H](CO)C(=O)c1ccccc1F. The monoisotopic (exact) mass is 246 g/mol. The fraction of sp³-hybridized carbons (Fsp3) is 0.300. The quantitative estimate of drug-likeness (QED) is 0.781. The summed E-state index contributed by atoms with van der Waals surface area (Å²) < 4.78 is 35.6. The fourth-order valence-corrected chi connectivity index (χ4v) is 2.03. The zero-order valence-corrected chi connectivity index (χ0v) is 9.37. The molecule has 6 heteroatoms. The van der Waals surface area contributed by atoms with Crippen LogP contribution in [0.1, 0.15) is 10.4 Å². The molecule has 88 valence electrons. The molecule has 1 atom stereocenters. The summed E-state index contributed by atoms with van der Waals surface area (Å²) >= 11 is 0. The van der Waals surface area contributed by atoms with Crippen LogP contribution >= 0.6 is 0 Å². The highest BCUT2D eigenvalue weighted by atomic mass is 32.2. The molecule has 0 aliphatic carbocycles. The van der Waals surface area contributed by atoms with Crippen LogP contribution in [0.15, 0.2) is 24.3 Å². The predicted molar refractivity (Wildman–Crippen MR) is 56.4 cm³/mol. The first-order chi connectivity index (χ1) is 7.38. The lowest BCUT2D eigenvalue weighted by Gasteiger charge is -2.11. The molecule has 0 bridgehead atoms. The molecule has 0 aromatic heterocycles. The topological polar surface area (TPSA) is 71.4 Å². The Morgan fingerprint density at radius 2 is 2.00 bits per heavy atom. The van der Waals surface area contributed by atoms with Crippen molar-refractivity contribution in [3.8, 4) is 0 Å². The molecule has 1 rings (SSSR count). The largest absolute Gasteiger partial charge is 0.395 e. The van der Waals surface area contributed by atoms with Gasteiger partial charge in [0.1, 0.15) is 11.1 Å². The van der Waals surface area contributed by atoms with E-state index in [0.717, 1.165) is 12.3 Å². The highest BCUT2D eigenvalue weighted by molar-refractivity contribution is 7.92. The van der Waals surface area contributed by atoms with Crippen LogP contribution in [0.3, 0.4) is 0 Å². The second-order valence-corrected chi connectivity index (χ2v) is 5.57. The second-order valence-electron chi connectivity index (χ2n) is 3.34. The van der Waals surface area contributed by atoms with E-state index in [4.69, 9.17) is 5.11 Å². The molecular weight excluding hydrogens is 235 g/mol. The zero-order valence-electron chi connectivity index (χ0n) is 8.55. The summed E-state index contributed by atoms with van der Waals surface area (Å²) in [4.78, 5) is 11.7. The van der Waals surface area contributed by atoms with Crippen molar-refractivity contribution >= 4 is 15.6 Å². The van der Waals surface area contributed by atoms with Gasteiger partial charge in [0.15, 0.2) is 15.6 Å². The minimum atomic E-state index is -3.75. The number of carbonyl (C=O) groups excluding carboxylic acids is 1. The van der Waals surface area contributed by atoms with E-state index < -0.39 is 33.3 Å². The number of carbonyl (C=O) groups is 1. The molecule has 1 N–H and O–H groups in total. The van der Waals surface area contributed by atoms with Gasteiger partial charge in [-0.15, -0.1) is 0 Å². The van der Waals surface area contributed by atoms with Crippen LogP contribution < -0.4 is 0 Å². The average molecular weight is 246 g/mol. The van der Waals surface area contributed by atoms with Crippen molar-refractivity contribution in [2.45, 2.75) is 5.25 Å². The van der Waals surface area contributed by atoms with E-state index >= 15 is 0 Å². The average Bonchev–Trinajstić information content (AvgIpc) is 2.17. The minimum absolute atomic E-state index is 0.327. The molecule has 4 nitrogen and oxygen atoms in total. The van der Waals surface area contributed by atoms with Gasteiger partial charge in [0.05, 0.1) is 12.2 Å². The van der Waals surface area contributed by atoms with Crippen LogP contribution in [0.2, 0.25) is 0 Å². The molecule has 0 spiro atoms. The standard InChI is InChI=1S/C10H11FO4S/c1-16(14,15)9(6-12)10(13)7-4-2-3-5-8(7)11/h2-5,9,12H,6H2,1H3/t9-/m0/s1. The molecule has 16 heavy (non-hydrogen) atoms. The molecule has 0 aliphatic heterocycles. The third kappa shape index (κ3) is 2.65. The Morgan fingerprint density at radius 3 is 2.44 bits per heavy atom. The van der Waals surface area contributed by atoms with Crippen molar-refractivity contribution in [3.63, 3.8) is 0 Å². The Morgan fingerprint density at radius 1 is 1.44 bits per heavy atom. The molecular formula is C10H11FO4S. The van der Waals surface area contributed by atoms with Gasteiger partial charge < -0.3 is 5.11 Å². The highest BCUT2D eigenvalue weighted by Gasteiger charge is 2.30. The first-order valence-corrected chi connectivity index (χ1v) is 6.42. The number of halogens is 1. The van der Waals surface area contributed by atoms with Gasteiger partial charge in [-0.05, 0) is 12.1 Å². The third-order valence-electron chi connectivity index (χ3n) is 2.11. The molecule has 0 aliphatic rings. The Labute approximate surface area is 92.6 Å². The number of ketones is 1. The van der Waals surface area contributed by atoms with Gasteiger partial charge in [-0.2, -0.15) is 0 Å². The summed E-state index contributed by atoms with van der Waals surface area (Å²) in [6, 6.07) is 5.06. The van der Waals surface area contributed by atoms with Gasteiger partial charge in [0.2, 0.25) is 0 Å². The first-order valence-electron chi connectivity index (χ1n) is 4.46. The molecule has 0 saturated carbocycles. The molecule has 0 heterocycles. The maximum absolute atomic E-state index is 13.2. The van der Waals surface area contributed by atoms with E-state index in [-0.39, 0.29) is 5.56 Å². The summed E-state index contributed by atoms with van der Waals surface area (Å²) in [5, 5.41) is 7.25. The summed E-state index contributed by atoms with van der Waals surface area (Å²) in [7, 11) is -3.75. The maximum Gasteiger partial charge on any atom is 0.186 e. The summed E-state index contributed by atoms with van der Waals surface area (Å²) in [5.74, 6) is -1.72. The Bertz CT molecular complexity index is 495. The second kappa shape index (κ2) is 4.71. The zero-order chi connectivity index (χ0) is 12.3. The van der Waals surface area contributed by atoms with Crippen molar-refractivity contribution in [2.24, 2.45) is 0 Å². The molecule has 1 aromatic rings. The van der Waals surface area contributed by atoms with Crippen molar-refractivity contribution in [3.05, 3.63) is 35.6 Å². The van der Waals surface area contributed by atoms with Gasteiger partial charge >= 0.3 is 0 Å². The van der Waals surface area contributed by atoms with E-state index in [1.807, 2.05) is 0 Å². The van der Waals surface area contributed by atoms with Gasteiger partial charge in [-0.25, -0.2) is 12.8 Å². The minimum Gasteiger partial charge on any atom is -0.395 e. The Balaban J connectivity index is 3.16. The van der Waals surface area contributed by atoms with Gasteiger partial charge in [0, 0.05) is 6.26 Å². The van der Waals surface area contributed by atoms with E-state index in [0.29, 0.717) is 0 Å². The van der Waals surface area contributed by atoms with Gasteiger partial charge in [-0.3, -0.25) is 4.79 Å². The lowest BCUT2D eigenvalue weighted by atomic mass is 10.1. The van der Waals surface area contributed by atoms with Crippen molar-refractivity contribution < 1.29 is 22.7 Å². The van der Waals surface area contributed by atoms with Crippen LogP contribution in [0.5, 0.6) is 0 Å². The summed E-state index contributed by atoms with van der Waals surface area (Å²) in [6.45, 7) is -0.855. The van der Waals surface area contributed by atoms with Crippen LogP contribution in [-0.4, -0.2) is 37.4 Å². The first kappa shape index (κ1) is 12.8. The van der Waals surface area contributed by atoms with Crippen molar-refractivity contribution in [1.82, 2.24) is 0 Å². The van der Waals surface area contributed by atoms with Crippen LogP contribution in [0.25, 0.3) is 0 Å². The van der Waals surface area contributed by atoms with Crippen molar-refractivity contribution in [2.75, 3.05) is 12.9 Å². The van der Waals surface area contributed by atoms with E-state index in [9.17, 15) is 17.6 Å². The lowest BCUT2D eigenvalue weighted by molar-refractivity contribution is 0.0958. The summed E-state index contributed by atoms with van der Waals surface area (Å²) in [6.07, 6.45) is 0.826. The maximum atomic E-state index is 13.2. The fourth-order valence-electron chi connectivity index (χ4n) is 1.25. The summed E-state index contributed by atoms with van der Waals surface area (Å²) in [5.41, 5.74) is -0.327. The number of benzene rings is 1. The number of hydrogen-bond acceptors (Lipinski definition) is 4. The third-order valence-corrected chi connectivity index (χ3v) is 3.51.